The third-order valence-corrected chi connectivity index (χ3v) is 11.4. The molecule has 0 aliphatic heterocycles. The summed E-state index contributed by atoms with van der Waals surface area (Å²) in [6.07, 6.45) is 0. The molecule has 11 aromatic carbocycles. The van der Waals surface area contributed by atoms with Crippen LogP contribution in [0.5, 0.6) is 0 Å². The number of hydrogen-bond acceptors (Lipinski definition) is 1. The second kappa shape index (κ2) is 12.7. The molecule has 1 heteroatoms. The Kier molecular flexibility index (Phi) is 7.25. The van der Waals surface area contributed by atoms with Gasteiger partial charge in [-0.05, 0) is 118 Å². The quantitative estimate of drug-likeness (QED) is 0.162. The van der Waals surface area contributed by atoms with Gasteiger partial charge in [0.05, 0.1) is 5.69 Å². The molecule has 0 radical (unpaired) electrons. The summed E-state index contributed by atoms with van der Waals surface area (Å²) < 4.78 is 0. The highest BCUT2D eigenvalue weighted by molar-refractivity contribution is 6.21. The molecular formula is C54H35N. The minimum Gasteiger partial charge on any atom is -0.310 e. The van der Waals surface area contributed by atoms with Crippen LogP contribution in [0.3, 0.4) is 0 Å². The third-order valence-electron chi connectivity index (χ3n) is 11.4. The van der Waals surface area contributed by atoms with Crippen LogP contribution in [-0.2, 0) is 0 Å². The Morgan fingerprint density at radius 3 is 1.64 bits per heavy atom. The van der Waals surface area contributed by atoms with E-state index in [4.69, 9.17) is 0 Å². The van der Waals surface area contributed by atoms with Crippen molar-refractivity contribution in [1.29, 1.82) is 0 Å². The van der Waals surface area contributed by atoms with Crippen LogP contribution in [0.2, 0.25) is 0 Å². The molecule has 0 atom stereocenters. The van der Waals surface area contributed by atoms with E-state index < -0.39 is 0 Å². The van der Waals surface area contributed by atoms with Gasteiger partial charge in [-0.3, -0.25) is 0 Å². The molecule has 11 aromatic rings. The molecule has 0 saturated carbocycles. The number of anilines is 3. The number of rotatable bonds is 5. The summed E-state index contributed by atoms with van der Waals surface area (Å²) in [5.41, 5.74) is 8.20. The fourth-order valence-electron chi connectivity index (χ4n) is 8.76. The molecule has 0 bridgehead atoms. The molecule has 0 amide bonds. The molecule has 11 rings (SSSR count). The SMILES string of the molecule is c1ccc(-c2cccc(N(c3ccc4c(ccc5ccccc54)c3)c3ccc(-c4ccc5c(ccc6ccc7ccccc7c65)c4)c4ccccc34)c2)cc1. The zero-order chi connectivity index (χ0) is 36.3. The van der Waals surface area contributed by atoms with Crippen LogP contribution >= 0.6 is 0 Å². The van der Waals surface area contributed by atoms with Gasteiger partial charge in [0, 0.05) is 16.8 Å². The lowest BCUT2D eigenvalue weighted by Gasteiger charge is -2.28. The molecule has 0 heterocycles. The molecule has 0 aliphatic carbocycles. The first-order valence-corrected chi connectivity index (χ1v) is 19.0. The van der Waals surface area contributed by atoms with Crippen molar-refractivity contribution in [3.63, 3.8) is 0 Å². The van der Waals surface area contributed by atoms with Gasteiger partial charge in [0.15, 0.2) is 0 Å². The van der Waals surface area contributed by atoms with Crippen LogP contribution in [-0.4, -0.2) is 0 Å². The van der Waals surface area contributed by atoms with Crippen molar-refractivity contribution < 1.29 is 0 Å². The van der Waals surface area contributed by atoms with E-state index in [1.807, 2.05) is 0 Å². The summed E-state index contributed by atoms with van der Waals surface area (Å²) in [6, 6.07) is 77.9. The lowest BCUT2D eigenvalue weighted by atomic mass is 9.92. The maximum Gasteiger partial charge on any atom is 0.0540 e. The first kappa shape index (κ1) is 31.3. The summed E-state index contributed by atoms with van der Waals surface area (Å²) in [5, 5.41) is 15.1. The smallest absolute Gasteiger partial charge is 0.0540 e. The Hall–Kier alpha value is -7.22. The summed E-state index contributed by atoms with van der Waals surface area (Å²) >= 11 is 0. The van der Waals surface area contributed by atoms with Gasteiger partial charge < -0.3 is 4.90 Å². The van der Waals surface area contributed by atoms with Crippen LogP contribution in [0.1, 0.15) is 0 Å². The molecule has 0 N–H and O–H groups in total. The molecule has 0 spiro atoms. The van der Waals surface area contributed by atoms with Gasteiger partial charge in [-0.2, -0.15) is 0 Å². The number of nitrogens with zero attached hydrogens (tertiary/aromatic N) is 1. The van der Waals surface area contributed by atoms with Crippen LogP contribution in [0.15, 0.2) is 212 Å². The van der Waals surface area contributed by atoms with Crippen molar-refractivity contribution in [2.24, 2.45) is 0 Å². The predicted molar refractivity (Wildman–Crippen MR) is 237 cm³/mol. The average molecular weight is 698 g/mol. The van der Waals surface area contributed by atoms with E-state index in [1.165, 1.54) is 86.9 Å². The Balaban J connectivity index is 1.11. The third kappa shape index (κ3) is 5.24. The van der Waals surface area contributed by atoms with E-state index in [1.54, 1.807) is 0 Å². The molecule has 0 fully saturated rings. The maximum absolute atomic E-state index is 2.44. The lowest BCUT2D eigenvalue weighted by Crippen LogP contribution is -2.11. The molecule has 0 aromatic heterocycles. The van der Waals surface area contributed by atoms with Gasteiger partial charge in [-0.15, -0.1) is 0 Å². The minimum atomic E-state index is 1.12. The van der Waals surface area contributed by atoms with Gasteiger partial charge in [-0.25, -0.2) is 0 Å². The van der Waals surface area contributed by atoms with Crippen LogP contribution < -0.4 is 4.90 Å². The highest BCUT2D eigenvalue weighted by Crippen LogP contribution is 2.44. The van der Waals surface area contributed by atoms with E-state index >= 15 is 0 Å². The monoisotopic (exact) mass is 697 g/mol. The van der Waals surface area contributed by atoms with Crippen molar-refractivity contribution in [2.75, 3.05) is 4.90 Å². The molecule has 0 saturated heterocycles. The van der Waals surface area contributed by atoms with Crippen molar-refractivity contribution in [2.45, 2.75) is 0 Å². The first-order chi connectivity index (χ1) is 27.3. The number of hydrogen-bond donors (Lipinski definition) is 0. The predicted octanol–water partition coefficient (Wildman–Crippen LogP) is 15.4. The van der Waals surface area contributed by atoms with Gasteiger partial charge in [0.2, 0.25) is 0 Å². The van der Waals surface area contributed by atoms with Crippen molar-refractivity contribution >= 4 is 81.7 Å². The minimum absolute atomic E-state index is 1.12. The van der Waals surface area contributed by atoms with E-state index in [2.05, 4.69) is 217 Å². The molecule has 1 nitrogen and oxygen atoms in total. The zero-order valence-corrected chi connectivity index (χ0v) is 30.2. The Morgan fingerprint density at radius 1 is 0.255 bits per heavy atom. The van der Waals surface area contributed by atoms with Crippen LogP contribution in [0.4, 0.5) is 17.1 Å². The van der Waals surface area contributed by atoms with Gasteiger partial charge in [0.1, 0.15) is 0 Å². The molecule has 55 heavy (non-hydrogen) atoms. The van der Waals surface area contributed by atoms with Crippen molar-refractivity contribution in [1.82, 2.24) is 0 Å². The summed E-state index contributed by atoms with van der Waals surface area (Å²) in [4.78, 5) is 2.44. The van der Waals surface area contributed by atoms with Gasteiger partial charge in [0.25, 0.3) is 0 Å². The Bertz CT molecular complexity index is 3270. The first-order valence-electron chi connectivity index (χ1n) is 19.0. The highest BCUT2D eigenvalue weighted by atomic mass is 15.1. The summed E-state index contributed by atoms with van der Waals surface area (Å²) in [5.74, 6) is 0. The fraction of sp³-hybridized carbons (Fsp3) is 0. The second-order valence-corrected chi connectivity index (χ2v) is 14.5. The number of benzene rings is 11. The van der Waals surface area contributed by atoms with Crippen molar-refractivity contribution in [3.05, 3.63) is 212 Å². The van der Waals surface area contributed by atoms with Gasteiger partial charge in [-0.1, -0.05) is 176 Å². The van der Waals surface area contributed by atoms with E-state index in [9.17, 15) is 0 Å². The zero-order valence-electron chi connectivity index (χ0n) is 30.2. The van der Waals surface area contributed by atoms with Crippen molar-refractivity contribution in [3.8, 4) is 22.3 Å². The Labute approximate surface area is 320 Å². The van der Waals surface area contributed by atoms with E-state index in [0.717, 1.165) is 17.1 Å². The molecule has 256 valence electrons. The van der Waals surface area contributed by atoms with Crippen LogP contribution in [0, 0.1) is 0 Å². The molecule has 0 unspecified atom stereocenters. The second-order valence-electron chi connectivity index (χ2n) is 14.5. The maximum atomic E-state index is 2.44. The average Bonchev–Trinajstić information content (AvgIpc) is 3.26. The highest BCUT2D eigenvalue weighted by Gasteiger charge is 2.19. The summed E-state index contributed by atoms with van der Waals surface area (Å²) in [6.45, 7) is 0. The number of fused-ring (bicyclic) bond motifs is 9. The van der Waals surface area contributed by atoms with E-state index in [0.29, 0.717) is 0 Å². The standard InChI is InChI=1S/C54H35N/c1-2-11-36(12-3-1)40-15-10-16-44(34-40)55(45-28-30-47-43(35-45)25-22-37-13-4-6-17-46(37)47)53-32-31-48(51-19-8-9-20-52(51)53)41-27-29-50-42(33-41)26-24-39-23-21-38-14-5-7-18-49(38)54(39)50/h1-35H. The molecular weight excluding hydrogens is 663 g/mol. The molecule has 0 aliphatic rings. The fourth-order valence-corrected chi connectivity index (χ4v) is 8.76. The van der Waals surface area contributed by atoms with E-state index in [-0.39, 0.29) is 0 Å². The largest absolute Gasteiger partial charge is 0.310 e. The summed E-state index contributed by atoms with van der Waals surface area (Å²) in [7, 11) is 0. The van der Waals surface area contributed by atoms with Crippen LogP contribution in [0.25, 0.3) is 86.9 Å². The normalized spacial score (nSPS) is 11.6. The Morgan fingerprint density at radius 2 is 0.818 bits per heavy atom. The topological polar surface area (TPSA) is 3.24 Å². The van der Waals surface area contributed by atoms with Gasteiger partial charge >= 0.3 is 0 Å². The lowest BCUT2D eigenvalue weighted by molar-refractivity contribution is 1.30.